The molecule has 1 aliphatic carbocycles. The van der Waals surface area contributed by atoms with E-state index in [1.165, 1.54) is 6.07 Å². The summed E-state index contributed by atoms with van der Waals surface area (Å²) in [6.45, 7) is 5.60. The van der Waals surface area contributed by atoms with Gasteiger partial charge in [-0.3, -0.25) is 9.59 Å². The van der Waals surface area contributed by atoms with Crippen molar-refractivity contribution in [3.05, 3.63) is 52.4 Å². The number of halogens is 1. The fourth-order valence-corrected chi connectivity index (χ4v) is 3.34. The molecular weight excluding hydrogens is 333 g/mol. The Kier molecular flexibility index (Phi) is 5.20. The highest BCUT2D eigenvalue weighted by Gasteiger charge is 2.34. The van der Waals surface area contributed by atoms with Crippen LogP contribution in [0.25, 0.3) is 11.1 Å². The van der Waals surface area contributed by atoms with E-state index in [-0.39, 0.29) is 23.6 Å². The van der Waals surface area contributed by atoms with Gasteiger partial charge in [-0.1, -0.05) is 55.6 Å². The van der Waals surface area contributed by atoms with Crippen molar-refractivity contribution in [2.24, 2.45) is 5.92 Å². The maximum atomic E-state index is 14.2. The van der Waals surface area contributed by atoms with E-state index < -0.39 is 11.5 Å². The Morgan fingerprint density at radius 1 is 1.31 bits per heavy atom. The fraction of sp³-hybridized carbons (Fsp3) is 0.450. The summed E-state index contributed by atoms with van der Waals surface area (Å²) < 4.78 is 15.2. The Morgan fingerprint density at radius 3 is 2.54 bits per heavy atom. The number of benzene rings is 1. The third-order valence-corrected chi connectivity index (χ3v) is 4.85. The normalized spacial score (nSPS) is 19.3. The van der Waals surface area contributed by atoms with Gasteiger partial charge in [-0.25, -0.2) is 4.68 Å². The monoisotopic (exact) mass is 357 g/mol. The van der Waals surface area contributed by atoms with Crippen LogP contribution in [0.15, 0.2) is 41.2 Å². The van der Waals surface area contributed by atoms with Crippen LogP contribution in [0.1, 0.15) is 45.2 Å². The highest BCUT2D eigenvalue weighted by Crippen LogP contribution is 2.31. The van der Waals surface area contributed by atoms with Gasteiger partial charge in [0.2, 0.25) is 0 Å². The van der Waals surface area contributed by atoms with E-state index >= 15 is 0 Å². The summed E-state index contributed by atoms with van der Waals surface area (Å²) in [5, 5.41) is 4.65. The quantitative estimate of drug-likeness (QED) is 0.769. The van der Waals surface area contributed by atoms with Crippen molar-refractivity contribution in [3.8, 4) is 11.1 Å². The molecule has 0 radical (unpaired) electrons. The number of carbonyl (C=O) groups excluding carboxylic acids is 1. The molecule has 1 aromatic heterocycles. The van der Waals surface area contributed by atoms with E-state index in [9.17, 15) is 14.1 Å². The average molecular weight is 357 g/mol. The molecule has 1 aliphatic rings. The topological polar surface area (TPSA) is 55.2 Å². The Balaban J connectivity index is 1.88. The van der Waals surface area contributed by atoms with Gasteiger partial charge in [0.25, 0.3) is 11.5 Å². The van der Waals surface area contributed by atoms with Crippen LogP contribution < -0.4 is 5.56 Å². The molecule has 0 atom stereocenters. The Hall–Kier alpha value is -2.50. The minimum atomic E-state index is -0.723. The Bertz CT molecular complexity index is 842. The van der Waals surface area contributed by atoms with Crippen molar-refractivity contribution >= 4 is 5.91 Å². The summed E-state index contributed by atoms with van der Waals surface area (Å²) in [5.74, 6) is -0.232. The van der Waals surface area contributed by atoms with Crippen LogP contribution in [-0.2, 0) is 11.3 Å². The van der Waals surface area contributed by atoms with Crippen molar-refractivity contribution < 1.29 is 9.28 Å². The summed E-state index contributed by atoms with van der Waals surface area (Å²) in [6.07, 6.45) is 1.32. The second-order valence-corrected chi connectivity index (χ2v) is 7.40. The maximum absolute atomic E-state index is 14.2. The molecule has 5 nitrogen and oxygen atoms in total. The average Bonchev–Trinajstić information content (AvgIpc) is 2.60. The number of carbonyl (C=O) groups is 1. The highest BCUT2D eigenvalue weighted by molar-refractivity contribution is 5.75. The van der Waals surface area contributed by atoms with Crippen molar-refractivity contribution in [1.82, 2.24) is 14.9 Å². The molecule has 138 valence electrons. The van der Waals surface area contributed by atoms with E-state index in [1.54, 1.807) is 0 Å². The van der Waals surface area contributed by atoms with Gasteiger partial charge in [0.15, 0.2) is 0 Å². The molecule has 0 N–H and O–H groups in total. The Morgan fingerprint density at radius 2 is 1.96 bits per heavy atom. The van der Waals surface area contributed by atoms with E-state index in [4.69, 9.17) is 0 Å². The van der Waals surface area contributed by atoms with Crippen molar-refractivity contribution in [2.75, 3.05) is 0 Å². The zero-order valence-electron chi connectivity index (χ0n) is 15.4. The predicted octanol–water partition coefficient (Wildman–Crippen LogP) is 3.55. The van der Waals surface area contributed by atoms with Crippen molar-refractivity contribution in [2.45, 2.75) is 52.1 Å². The molecule has 26 heavy (non-hydrogen) atoms. The van der Waals surface area contributed by atoms with E-state index in [0.717, 1.165) is 15.8 Å². The van der Waals surface area contributed by atoms with Gasteiger partial charge in [0.1, 0.15) is 6.54 Å². The van der Waals surface area contributed by atoms with Gasteiger partial charge in [-0.2, -0.15) is 10.2 Å². The number of hydrogen-bond acceptors (Lipinski definition) is 3. The summed E-state index contributed by atoms with van der Waals surface area (Å²) >= 11 is 0. The molecule has 1 fully saturated rings. The van der Waals surface area contributed by atoms with E-state index in [0.29, 0.717) is 24.5 Å². The molecule has 0 aliphatic heterocycles. The molecule has 2 aromatic rings. The molecule has 0 saturated heterocycles. The number of nitrogens with zero attached hydrogens (tertiary/aromatic N) is 3. The lowest BCUT2D eigenvalue weighted by molar-refractivity contribution is -0.159. The lowest BCUT2D eigenvalue weighted by Gasteiger charge is -2.35. The van der Waals surface area contributed by atoms with Crippen LogP contribution in [0.5, 0.6) is 0 Å². The molecule has 1 heterocycles. The number of amides is 1. The minimum Gasteiger partial charge on any atom is -0.270 e. The van der Waals surface area contributed by atoms with Gasteiger partial charge < -0.3 is 0 Å². The molecule has 0 bridgehead atoms. The summed E-state index contributed by atoms with van der Waals surface area (Å²) in [6, 6.07) is 10.6. The summed E-state index contributed by atoms with van der Waals surface area (Å²) in [4.78, 5) is 24.7. The van der Waals surface area contributed by atoms with Crippen LogP contribution in [0.4, 0.5) is 4.48 Å². The highest BCUT2D eigenvalue weighted by atomic mass is 19.2. The van der Waals surface area contributed by atoms with Gasteiger partial charge in [-0.05, 0) is 30.2 Å². The maximum Gasteiger partial charge on any atom is 0.272 e. The number of hydrogen-bond donors (Lipinski definition) is 0. The van der Waals surface area contributed by atoms with E-state index in [2.05, 4.69) is 5.10 Å². The summed E-state index contributed by atoms with van der Waals surface area (Å²) in [5.41, 5.74) is 1.96. The first kappa shape index (κ1) is 18.3. The third-order valence-electron chi connectivity index (χ3n) is 4.85. The second-order valence-electron chi connectivity index (χ2n) is 7.40. The largest absolute Gasteiger partial charge is 0.272 e. The molecule has 3 rings (SSSR count). The predicted molar refractivity (Wildman–Crippen MR) is 98.2 cm³/mol. The minimum absolute atomic E-state index is 0.0566. The molecule has 0 unspecified atom stereocenters. The first-order valence-electron chi connectivity index (χ1n) is 9.02. The third kappa shape index (κ3) is 3.69. The molecule has 0 spiro atoms. The van der Waals surface area contributed by atoms with Crippen LogP contribution in [0.3, 0.4) is 0 Å². The van der Waals surface area contributed by atoms with Crippen LogP contribution >= 0.6 is 0 Å². The van der Waals surface area contributed by atoms with Gasteiger partial charge in [-0.15, -0.1) is 0 Å². The molecule has 6 heteroatoms. The Labute approximate surface area is 152 Å². The molecule has 1 aromatic carbocycles. The smallest absolute Gasteiger partial charge is 0.270 e. The first-order chi connectivity index (χ1) is 12.4. The summed E-state index contributed by atoms with van der Waals surface area (Å²) in [7, 11) is 0. The number of aromatic nitrogens is 2. The van der Waals surface area contributed by atoms with E-state index in [1.807, 2.05) is 51.1 Å². The second kappa shape index (κ2) is 7.40. The first-order valence-corrected chi connectivity index (χ1v) is 9.02. The SMILES string of the molecule is CC1CC(N(F)C(=O)Cn2nc(C(C)C)c(-c3ccccc3)cc2=O)C1. The zero-order valence-corrected chi connectivity index (χ0v) is 15.4. The van der Waals surface area contributed by atoms with Crippen molar-refractivity contribution in [3.63, 3.8) is 0 Å². The van der Waals surface area contributed by atoms with Crippen LogP contribution in [0, 0.1) is 5.92 Å². The molecular formula is C20H24FN3O2. The van der Waals surface area contributed by atoms with Gasteiger partial charge >= 0.3 is 0 Å². The molecule has 1 saturated carbocycles. The van der Waals surface area contributed by atoms with Gasteiger partial charge in [0, 0.05) is 11.6 Å². The standard InChI is InChI=1S/C20H24FN3O2/c1-13(2)20-17(15-7-5-4-6-8-15)11-18(25)23(22-20)12-19(26)24(21)16-9-14(3)10-16/h4-8,11,13-14,16H,9-10,12H2,1-3H3. The lowest BCUT2D eigenvalue weighted by Crippen LogP contribution is -2.44. The number of rotatable bonds is 5. The lowest BCUT2D eigenvalue weighted by atomic mass is 9.82. The van der Waals surface area contributed by atoms with Crippen LogP contribution in [-0.4, -0.2) is 26.9 Å². The molecule has 1 amide bonds. The van der Waals surface area contributed by atoms with Crippen molar-refractivity contribution in [1.29, 1.82) is 0 Å². The van der Waals surface area contributed by atoms with Gasteiger partial charge in [0.05, 0.1) is 11.7 Å². The zero-order chi connectivity index (χ0) is 18.8. The van der Waals surface area contributed by atoms with Crippen LogP contribution in [0.2, 0.25) is 0 Å². The fourth-order valence-electron chi connectivity index (χ4n) is 3.34.